The van der Waals surface area contributed by atoms with Crippen molar-refractivity contribution in [3.8, 4) is 17.4 Å². The molecule has 14 nitrogen and oxygen atoms in total. The molecule has 0 aliphatic carbocycles. The van der Waals surface area contributed by atoms with E-state index in [9.17, 15) is 28.6 Å². The second kappa shape index (κ2) is 12.1. The summed E-state index contributed by atoms with van der Waals surface area (Å²) in [7, 11) is 4.90. The van der Waals surface area contributed by atoms with Gasteiger partial charge in [0.05, 0.1) is 25.0 Å². The molecule has 2 aromatic carbocycles. The highest BCUT2D eigenvalue weighted by atomic mass is 19.1. The first-order chi connectivity index (χ1) is 20.6. The van der Waals surface area contributed by atoms with Crippen LogP contribution in [0.5, 0.6) is 5.88 Å². The Kier molecular flexibility index (Phi) is 8.27. The van der Waals surface area contributed by atoms with Crippen LogP contribution in [0, 0.1) is 11.6 Å². The quantitative estimate of drug-likeness (QED) is 0.135. The molecular formula is C27H27F2N9O5. The van der Waals surface area contributed by atoms with Crippen molar-refractivity contribution >= 4 is 16.7 Å². The van der Waals surface area contributed by atoms with Gasteiger partial charge in [-0.15, -0.1) is 15.3 Å². The van der Waals surface area contributed by atoms with E-state index in [4.69, 9.17) is 0 Å². The number of halogens is 2. The molecule has 0 radical (unpaired) electrons. The molecule has 224 valence electrons. The summed E-state index contributed by atoms with van der Waals surface area (Å²) in [5.41, 5.74) is 1.43. The number of aromatic hydroxyl groups is 1. The maximum atomic E-state index is 14.8. The Morgan fingerprint density at radius 1 is 1.02 bits per heavy atom. The summed E-state index contributed by atoms with van der Waals surface area (Å²) in [6.07, 6.45) is -1.19. The minimum absolute atomic E-state index is 0.00170. The number of hydrogen-bond donors (Lipinski definition) is 4. The van der Waals surface area contributed by atoms with Crippen molar-refractivity contribution in [2.24, 2.45) is 0 Å². The van der Waals surface area contributed by atoms with Crippen molar-refractivity contribution in [1.82, 2.24) is 39.5 Å². The highest BCUT2D eigenvalue weighted by Gasteiger charge is 2.26. The smallest absolute Gasteiger partial charge is 0.338 e. The van der Waals surface area contributed by atoms with Crippen molar-refractivity contribution in [1.29, 1.82) is 0 Å². The lowest BCUT2D eigenvalue weighted by atomic mass is 10.2. The van der Waals surface area contributed by atoms with Gasteiger partial charge in [-0.1, -0.05) is 6.07 Å². The molecule has 5 aromatic rings. The fourth-order valence-electron chi connectivity index (χ4n) is 4.54. The molecule has 1 atom stereocenters. The molecule has 0 saturated carbocycles. The minimum atomic E-state index is -1.19. The molecular weight excluding hydrogens is 568 g/mol. The average molecular weight is 596 g/mol. The second-order valence-corrected chi connectivity index (χ2v) is 9.67. The molecule has 1 unspecified atom stereocenters. The molecule has 0 aliphatic rings. The van der Waals surface area contributed by atoms with Crippen LogP contribution >= 0.6 is 0 Å². The summed E-state index contributed by atoms with van der Waals surface area (Å²) >= 11 is 0. The third-order valence-corrected chi connectivity index (χ3v) is 6.41. The van der Waals surface area contributed by atoms with E-state index in [1.807, 2.05) is 0 Å². The number of hydroxylamine groups is 1. The van der Waals surface area contributed by atoms with Gasteiger partial charge in [0.15, 0.2) is 11.5 Å². The fraction of sp³-hybridized carbons (Fsp3) is 0.222. The maximum Gasteiger partial charge on any atom is 0.338 e. The van der Waals surface area contributed by atoms with Crippen LogP contribution in [-0.4, -0.2) is 71.8 Å². The lowest BCUT2D eigenvalue weighted by molar-refractivity contribution is -0.0157. The Morgan fingerprint density at radius 3 is 2.33 bits per heavy atom. The number of hydrogen-bond acceptors (Lipinski definition) is 11. The molecule has 0 bridgehead atoms. The predicted octanol–water partition coefficient (Wildman–Crippen LogP) is 1.06. The van der Waals surface area contributed by atoms with E-state index < -0.39 is 47.2 Å². The molecule has 16 heteroatoms. The van der Waals surface area contributed by atoms with E-state index in [1.54, 1.807) is 43.3 Å². The molecule has 0 saturated heterocycles. The predicted molar refractivity (Wildman–Crippen MR) is 151 cm³/mol. The van der Waals surface area contributed by atoms with Gasteiger partial charge in [-0.2, -0.15) is 5.48 Å². The van der Waals surface area contributed by atoms with Crippen LogP contribution < -0.4 is 22.0 Å². The second-order valence-electron chi connectivity index (χ2n) is 9.67. The molecule has 3 aromatic heterocycles. The minimum Gasteiger partial charge on any atom is -0.492 e. The number of benzene rings is 2. The van der Waals surface area contributed by atoms with Crippen LogP contribution in [-0.2, 0) is 17.9 Å². The van der Waals surface area contributed by atoms with Crippen molar-refractivity contribution < 1.29 is 23.8 Å². The van der Waals surface area contributed by atoms with Crippen LogP contribution in [0.15, 0.2) is 64.2 Å². The Morgan fingerprint density at radius 2 is 1.72 bits per heavy atom. The highest BCUT2D eigenvalue weighted by Crippen LogP contribution is 2.23. The molecule has 0 amide bonds. The molecule has 0 spiro atoms. The van der Waals surface area contributed by atoms with Crippen molar-refractivity contribution in [3.05, 3.63) is 98.3 Å². The Labute approximate surface area is 242 Å². The Balaban J connectivity index is 1.78. The third-order valence-electron chi connectivity index (χ3n) is 6.41. The van der Waals surface area contributed by atoms with Crippen LogP contribution in [0.4, 0.5) is 14.5 Å². The van der Waals surface area contributed by atoms with E-state index in [2.05, 4.69) is 30.9 Å². The number of nitrogens with zero attached hydrogens (tertiary/aromatic N) is 7. The summed E-state index contributed by atoms with van der Waals surface area (Å²) < 4.78 is 32.7. The number of anilines is 1. The molecule has 3 heterocycles. The van der Waals surface area contributed by atoms with Gasteiger partial charge in [0.2, 0.25) is 12.2 Å². The van der Waals surface area contributed by atoms with Crippen LogP contribution in [0.3, 0.4) is 0 Å². The van der Waals surface area contributed by atoms with Gasteiger partial charge in [-0.3, -0.25) is 9.36 Å². The van der Waals surface area contributed by atoms with Gasteiger partial charge in [0, 0.05) is 23.9 Å². The third kappa shape index (κ3) is 5.84. The van der Waals surface area contributed by atoms with Crippen LogP contribution in [0.25, 0.3) is 22.5 Å². The van der Waals surface area contributed by atoms with E-state index in [0.29, 0.717) is 17.1 Å². The maximum absolute atomic E-state index is 14.8. The zero-order valence-electron chi connectivity index (χ0n) is 23.2. The number of aliphatic hydroxyl groups is 1. The number of rotatable bonds is 10. The number of nitrogens with one attached hydrogen (secondary N) is 2. The SMILES string of the molecule is CONC(O)Nc1ccc(-n2nc3c(c2CN(C)C)c(=O)n(-c2ccc(O)nn2)c(=O)n3Cc2c(F)cccc2F)cc1. The molecule has 43 heavy (non-hydrogen) atoms. The zero-order chi connectivity index (χ0) is 30.8. The molecule has 0 fully saturated rings. The Bertz CT molecular complexity index is 1870. The monoisotopic (exact) mass is 595 g/mol. The highest BCUT2D eigenvalue weighted by molar-refractivity contribution is 5.79. The first-order valence-electron chi connectivity index (χ1n) is 12.8. The van der Waals surface area contributed by atoms with Gasteiger partial charge in [-0.25, -0.2) is 22.8 Å². The van der Waals surface area contributed by atoms with E-state index in [-0.39, 0.29) is 23.4 Å². The van der Waals surface area contributed by atoms with E-state index in [0.717, 1.165) is 27.3 Å². The van der Waals surface area contributed by atoms with Crippen LogP contribution in [0.2, 0.25) is 0 Å². The summed E-state index contributed by atoms with van der Waals surface area (Å²) in [6, 6.07) is 12.3. The van der Waals surface area contributed by atoms with Crippen molar-refractivity contribution in [2.45, 2.75) is 19.4 Å². The van der Waals surface area contributed by atoms with E-state index >= 15 is 0 Å². The van der Waals surface area contributed by atoms with Crippen molar-refractivity contribution in [3.63, 3.8) is 0 Å². The first-order valence-corrected chi connectivity index (χ1v) is 12.8. The summed E-state index contributed by atoms with van der Waals surface area (Å²) in [5, 5.41) is 34.2. The van der Waals surface area contributed by atoms with E-state index in [1.165, 1.54) is 23.9 Å². The number of aromatic nitrogens is 6. The molecule has 5 rings (SSSR count). The standard InChI is InChI=1S/C27H27F2N9O5/c1-35(2)14-20-23-24(33-38(20)16-9-7-15(8-10-16)30-26(41)34-43-3)36(13-17-18(28)5-4-6-19(17)29)27(42)37(25(23)40)21-11-12-22(39)32-31-21/h4-12,26,30,34,41H,13-14H2,1-3H3,(H,32,39). The van der Waals surface area contributed by atoms with Gasteiger partial charge < -0.3 is 25.3 Å². The van der Waals surface area contributed by atoms with Gasteiger partial charge >= 0.3 is 5.69 Å². The summed E-state index contributed by atoms with van der Waals surface area (Å²) in [6.45, 7) is -0.416. The number of aliphatic hydroxyl groups excluding tert-OH is 1. The topological polar surface area (TPSA) is 165 Å². The average Bonchev–Trinajstić information content (AvgIpc) is 3.32. The van der Waals surface area contributed by atoms with Gasteiger partial charge in [-0.05, 0) is 56.6 Å². The summed E-state index contributed by atoms with van der Waals surface area (Å²) in [4.78, 5) is 34.3. The van der Waals surface area contributed by atoms with Gasteiger partial charge in [0.1, 0.15) is 17.0 Å². The lowest BCUT2D eigenvalue weighted by Gasteiger charge is -2.15. The zero-order valence-corrected chi connectivity index (χ0v) is 23.2. The largest absolute Gasteiger partial charge is 0.492 e. The molecule has 0 aliphatic heterocycles. The van der Waals surface area contributed by atoms with Crippen molar-refractivity contribution in [2.75, 3.05) is 26.5 Å². The first kappa shape index (κ1) is 29.5. The normalized spacial score (nSPS) is 12.3. The van der Waals surface area contributed by atoms with Crippen LogP contribution in [0.1, 0.15) is 11.3 Å². The number of fused-ring (bicyclic) bond motifs is 1. The summed E-state index contributed by atoms with van der Waals surface area (Å²) in [5.74, 6) is -2.41. The lowest BCUT2D eigenvalue weighted by Crippen LogP contribution is -2.40. The fourth-order valence-corrected chi connectivity index (χ4v) is 4.54. The molecule has 4 N–H and O–H groups in total. The Hall–Kier alpha value is -5.03. The van der Waals surface area contributed by atoms with Gasteiger partial charge in [0.25, 0.3) is 5.56 Å².